The number of hydrogen-bond acceptors (Lipinski definition) is 7. The normalized spacial score (nSPS) is 17.7. The number of esters is 2. The molecule has 0 radical (unpaired) electrons. The molecule has 0 saturated heterocycles. The molecule has 1 unspecified atom stereocenters. The van der Waals surface area contributed by atoms with Gasteiger partial charge in [-0.3, -0.25) is 9.59 Å². The van der Waals surface area contributed by atoms with Gasteiger partial charge in [-0.25, -0.2) is 4.79 Å². The van der Waals surface area contributed by atoms with Gasteiger partial charge in [-0.15, -0.1) is 0 Å². The molecule has 5 nitrogen and oxygen atoms in total. The van der Waals surface area contributed by atoms with Gasteiger partial charge in [0.05, 0.1) is 25.7 Å². The summed E-state index contributed by atoms with van der Waals surface area (Å²) in [5.41, 5.74) is 0.242. The lowest BCUT2D eigenvalue weighted by Gasteiger charge is -2.19. The van der Waals surface area contributed by atoms with Gasteiger partial charge in [0.25, 0.3) is 4.06 Å². The highest BCUT2D eigenvalue weighted by Crippen LogP contribution is 2.33. The van der Waals surface area contributed by atoms with Gasteiger partial charge >= 0.3 is 11.9 Å². The Bertz CT molecular complexity index is 580. The molecule has 1 aromatic rings. The van der Waals surface area contributed by atoms with Crippen LogP contribution < -0.4 is 4.06 Å². The van der Waals surface area contributed by atoms with Gasteiger partial charge in [0.2, 0.25) is 0 Å². The molecule has 96 valence electrons. The first-order valence-electron chi connectivity index (χ1n) is 5.07. The topological polar surface area (TPSA) is 69.7 Å². The van der Waals surface area contributed by atoms with E-state index in [4.69, 9.17) is 0 Å². The average molecular weight is 286 g/mol. The van der Waals surface area contributed by atoms with E-state index >= 15 is 0 Å². The maximum atomic E-state index is 11.7. The van der Waals surface area contributed by atoms with E-state index in [1.54, 1.807) is 6.08 Å². The zero-order valence-corrected chi connectivity index (χ0v) is 11.4. The van der Waals surface area contributed by atoms with Crippen molar-refractivity contribution in [1.82, 2.24) is 0 Å². The Kier molecular flexibility index (Phi) is 3.63. The summed E-state index contributed by atoms with van der Waals surface area (Å²) in [5.74, 6) is -1.76. The van der Waals surface area contributed by atoms with E-state index < -0.39 is 17.9 Å². The summed E-state index contributed by atoms with van der Waals surface area (Å²) in [6.45, 7) is 0. The molecule has 18 heavy (non-hydrogen) atoms. The molecule has 0 aliphatic heterocycles. The fourth-order valence-corrected chi connectivity index (χ4v) is 3.94. The molecule has 0 spiro atoms. The van der Waals surface area contributed by atoms with Crippen molar-refractivity contribution in [1.29, 1.82) is 0 Å². The fourth-order valence-electron chi connectivity index (χ4n) is 1.78. The quantitative estimate of drug-likeness (QED) is 0.761. The standard InChI is InChI=1S/C11H10O5S2/c1-15-9(12)5-3-7-8(18-11(14)17-7)4-6(5)10(13)16-2/h3,6H,4H2,1-2H3. The van der Waals surface area contributed by atoms with Crippen LogP contribution in [0.1, 0.15) is 9.75 Å². The third kappa shape index (κ3) is 2.23. The maximum Gasteiger partial charge on any atom is 0.334 e. The lowest BCUT2D eigenvalue weighted by atomic mass is 9.90. The molecule has 2 rings (SSSR count). The Morgan fingerprint density at radius 2 is 2.00 bits per heavy atom. The first-order valence-corrected chi connectivity index (χ1v) is 6.70. The Morgan fingerprint density at radius 1 is 1.28 bits per heavy atom. The van der Waals surface area contributed by atoms with Gasteiger partial charge in [0.1, 0.15) is 0 Å². The summed E-state index contributed by atoms with van der Waals surface area (Å²) in [4.78, 5) is 36.2. The van der Waals surface area contributed by atoms with Crippen LogP contribution >= 0.6 is 22.7 Å². The van der Waals surface area contributed by atoms with Crippen molar-refractivity contribution in [2.45, 2.75) is 6.42 Å². The van der Waals surface area contributed by atoms with Crippen LogP contribution in [0, 0.1) is 5.92 Å². The Labute approximate surface area is 111 Å². The number of carbonyl (C=O) groups excluding carboxylic acids is 2. The van der Waals surface area contributed by atoms with Crippen LogP contribution in [0.4, 0.5) is 0 Å². The molecule has 7 heteroatoms. The number of methoxy groups -OCH3 is 2. The minimum atomic E-state index is -0.694. The monoisotopic (exact) mass is 286 g/mol. The summed E-state index contributed by atoms with van der Waals surface area (Å²) in [5, 5.41) is 0. The number of hydrogen-bond donors (Lipinski definition) is 0. The van der Waals surface area contributed by atoms with Crippen LogP contribution in [0.15, 0.2) is 10.4 Å². The summed E-state index contributed by atoms with van der Waals surface area (Å²) in [6, 6.07) is 0. The molecule has 0 amide bonds. The summed E-state index contributed by atoms with van der Waals surface area (Å²) < 4.78 is 9.28. The molecular weight excluding hydrogens is 276 g/mol. The Hall–Kier alpha value is -1.47. The van der Waals surface area contributed by atoms with E-state index in [1.807, 2.05) is 0 Å². The Morgan fingerprint density at radius 3 is 2.61 bits per heavy atom. The number of carbonyl (C=O) groups is 2. The maximum absolute atomic E-state index is 11.7. The van der Waals surface area contributed by atoms with Crippen LogP contribution in [0.2, 0.25) is 0 Å². The van der Waals surface area contributed by atoms with E-state index in [0.717, 1.165) is 32.4 Å². The minimum absolute atomic E-state index is 0.0500. The largest absolute Gasteiger partial charge is 0.469 e. The van der Waals surface area contributed by atoms with Crippen LogP contribution in [-0.2, 0) is 25.5 Å². The molecule has 1 aromatic heterocycles. The molecule has 1 aliphatic carbocycles. The minimum Gasteiger partial charge on any atom is -0.469 e. The average Bonchev–Trinajstić information content (AvgIpc) is 2.74. The van der Waals surface area contributed by atoms with Crippen molar-refractivity contribution < 1.29 is 19.1 Å². The third-order valence-electron chi connectivity index (χ3n) is 2.63. The lowest BCUT2D eigenvalue weighted by Crippen LogP contribution is -2.27. The van der Waals surface area contributed by atoms with Gasteiger partial charge in [0.15, 0.2) is 0 Å². The Balaban J connectivity index is 2.48. The van der Waals surface area contributed by atoms with Gasteiger partial charge in [-0.2, -0.15) is 0 Å². The van der Waals surface area contributed by atoms with Gasteiger partial charge in [-0.05, 0) is 6.08 Å². The molecular formula is C11H10O5S2. The first-order chi connectivity index (χ1) is 8.56. The predicted molar refractivity (Wildman–Crippen MR) is 67.7 cm³/mol. The van der Waals surface area contributed by atoms with Crippen molar-refractivity contribution in [2.24, 2.45) is 5.92 Å². The van der Waals surface area contributed by atoms with Crippen LogP contribution in [0.5, 0.6) is 0 Å². The van der Waals surface area contributed by atoms with Crippen molar-refractivity contribution in [2.75, 3.05) is 14.2 Å². The highest BCUT2D eigenvalue weighted by molar-refractivity contribution is 7.28. The molecule has 0 N–H and O–H groups in total. The predicted octanol–water partition coefficient (Wildman–Crippen LogP) is 1.07. The van der Waals surface area contributed by atoms with Crippen molar-refractivity contribution in [3.8, 4) is 0 Å². The number of ether oxygens (including phenoxy) is 2. The summed E-state index contributed by atoms with van der Waals surface area (Å²) in [7, 11) is 2.52. The zero-order chi connectivity index (χ0) is 13.3. The van der Waals surface area contributed by atoms with E-state index in [9.17, 15) is 14.4 Å². The second-order valence-electron chi connectivity index (χ2n) is 3.61. The lowest BCUT2D eigenvalue weighted by molar-refractivity contribution is -0.147. The van der Waals surface area contributed by atoms with Crippen molar-refractivity contribution in [3.63, 3.8) is 0 Å². The van der Waals surface area contributed by atoms with E-state index in [-0.39, 0.29) is 9.63 Å². The third-order valence-corrected chi connectivity index (χ3v) is 4.81. The molecule has 0 saturated carbocycles. The number of rotatable bonds is 2. The molecule has 0 fully saturated rings. The van der Waals surface area contributed by atoms with Crippen LogP contribution in [0.3, 0.4) is 0 Å². The van der Waals surface area contributed by atoms with Gasteiger partial charge in [0, 0.05) is 16.2 Å². The second kappa shape index (κ2) is 5.03. The second-order valence-corrected chi connectivity index (χ2v) is 5.95. The highest BCUT2D eigenvalue weighted by Gasteiger charge is 2.34. The van der Waals surface area contributed by atoms with E-state index in [0.29, 0.717) is 6.42 Å². The van der Waals surface area contributed by atoms with Crippen LogP contribution in [-0.4, -0.2) is 26.2 Å². The molecule has 1 heterocycles. The zero-order valence-electron chi connectivity index (χ0n) is 9.72. The number of fused-ring (bicyclic) bond motifs is 1. The van der Waals surface area contributed by atoms with E-state index in [2.05, 4.69) is 9.47 Å². The molecule has 0 bridgehead atoms. The first kappa shape index (κ1) is 13.0. The summed E-state index contributed by atoms with van der Waals surface area (Å²) >= 11 is 2.17. The van der Waals surface area contributed by atoms with Gasteiger partial charge < -0.3 is 9.47 Å². The van der Waals surface area contributed by atoms with Crippen LogP contribution in [0.25, 0.3) is 6.08 Å². The van der Waals surface area contributed by atoms with Crippen molar-refractivity contribution >= 4 is 40.7 Å². The van der Waals surface area contributed by atoms with Gasteiger partial charge in [-0.1, -0.05) is 22.7 Å². The van der Waals surface area contributed by atoms with Crippen molar-refractivity contribution in [3.05, 3.63) is 24.2 Å². The van der Waals surface area contributed by atoms with E-state index in [1.165, 1.54) is 14.2 Å². The smallest absolute Gasteiger partial charge is 0.334 e. The fraction of sp³-hybridized carbons (Fsp3) is 0.364. The molecule has 0 aromatic carbocycles. The SMILES string of the molecule is COC(=O)C1=Cc2sc(=O)sc2CC1C(=O)OC. The summed E-state index contributed by atoms with van der Waals surface area (Å²) in [6.07, 6.45) is 1.86. The highest BCUT2D eigenvalue weighted by atomic mass is 32.2. The molecule has 1 aliphatic rings. The molecule has 1 atom stereocenters.